The number of nitrogens with one attached hydrogen (secondary N) is 2. The Hall–Kier alpha value is -1.68. The summed E-state index contributed by atoms with van der Waals surface area (Å²) in [4.78, 5) is 12.0. The SMILES string of the molecule is CNCCCC(=O)Nc1ccc(OC)c(S(=O)(=O)N2CCOCC2)c1. The summed E-state index contributed by atoms with van der Waals surface area (Å²) < 4.78 is 37.6. The number of anilines is 1. The Morgan fingerprint density at radius 1 is 1.32 bits per heavy atom. The zero-order valence-electron chi connectivity index (χ0n) is 14.6. The second-order valence-corrected chi connectivity index (χ2v) is 7.54. The van der Waals surface area contributed by atoms with Crippen LogP contribution >= 0.6 is 0 Å². The minimum atomic E-state index is -3.72. The summed E-state index contributed by atoms with van der Waals surface area (Å²) in [6, 6.07) is 4.63. The van der Waals surface area contributed by atoms with E-state index < -0.39 is 10.0 Å². The fraction of sp³-hybridized carbons (Fsp3) is 0.562. The van der Waals surface area contributed by atoms with E-state index >= 15 is 0 Å². The van der Waals surface area contributed by atoms with Gasteiger partial charge in [-0.05, 0) is 38.2 Å². The molecule has 1 amide bonds. The monoisotopic (exact) mass is 371 g/mol. The van der Waals surface area contributed by atoms with E-state index in [-0.39, 0.29) is 16.6 Å². The standard InChI is InChI=1S/C16H25N3O5S/c1-17-7-3-4-16(20)18-13-5-6-14(23-2)15(12-13)25(21,22)19-8-10-24-11-9-19/h5-6,12,17H,3-4,7-11H2,1-2H3,(H,18,20). The Morgan fingerprint density at radius 2 is 2.04 bits per heavy atom. The molecule has 0 radical (unpaired) electrons. The van der Waals surface area contributed by atoms with E-state index in [0.717, 1.165) is 6.54 Å². The van der Waals surface area contributed by atoms with Gasteiger partial charge in [-0.3, -0.25) is 4.79 Å². The van der Waals surface area contributed by atoms with Crippen molar-refractivity contribution in [2.75, 3.05) is 52.3 Å². The fourth-order valence-electron chi connectivity index (χ4n) is 2.53. The molecule has 2 N–H and O–H groups in total. The van der Waals surface area contributed by atoms with Crippen molar-refractivity contribution in [2.24, 2.45) is 0 Å². The van der Waals surface area contributed by atoms with E-state index in [2.05, 4.69) is 10.6 Å². The first kappa shape index (κ1) is 19.6. The molecule has 9 heteroatoms. The Balaban J connectivity index is 2.20. The van der Waals surface area contributed by atoms with Crippen LogP contribution in [0.1, 0.15) is 12.8 Å². The van der Waals surface area contributed by atoms with Crippen LogP contribution in [0.2, 0.25) is 0 Å². The van der Waals surface area contributed by atoms with Gasteiger partial charge in [0.05, 0.1) is 20.3 Å². The maximum atomic E-state index is 12.9. The van der Waals surface area contributed by atoms with Crippen LogP contribution in [0.4, 0.5) is 5.69 Å². The van der Waals surface area contributed by atoms with Gasteiger partial charge in [0.25, 0.3) is 0 Å². The largest absolute Gasteiger partial charge is 0.495 e. The first-order valence-corrected chi connectivity index (χ1v) is 9.63. The third kappa shape index (κ3) is 5.15. The molecular weight excluding hydrogens is 346 g/mol. The van der Waals surface area contributed by atoms with Gasteiger partial charge in [0.2, 0.25) is 15.9 Å². The summed E-state index contributed by atoms with van der Waals surface area (Å²) in [5.41, 5.74) is 0.432. The van der Waals surface area contributed by atoms with Crippen molar-refractivity contribution in [2.45, 2.75) is 17.7 Å². The Labute approximate surface area is 148 Å². The van der Waals surface area contributed by atoms with Crippen LogP contribution in [-0.2, 0) is 19.6 Å². The molecule has 2 rings (SSSR count). The molecular formula is C16H25N3O5S. The molecule has 1 aliphatic heterocycles. The second kappa shape index (κ2) is 9.14. The maximum Gasteiger partial charge on any atom is 0.246 e. The number of ether oxygens (including phenoxy) is 2. The summed E-state index contributed by atoms with van der Waals surface area (Å²) in [7, 11) is -0.473. The predicted molar refractivity (Wildman–Crippen MR) is 94.4 cm³/mol. The van der Waals surface area contributed by atoms with Crippen molar-refractivity contribution in [1.82, 2.24) is 9.62 Å². The van der Waals surface area contributed by atoms with E-state index in [4.69, 9.17) is 9.47 Å². The summed E-state index contributed by atoms with van der Waals surface area (Å²) >= 11 is 0. The van der Waals surface area contributed by atoms with Gasteiger partial charge >= 0.3 is 0 Å². The molecule has 1 aliphatic rings. The van der Waals surface area contributed by atoms with E-state index in [0.29, 0.717) is 44.8 Å². The maximum absolute atomic E-state index is 12.9. The number of rotatable bonds is 8. The molecule has 8 nitrogen and oxygen atoms in total. The number of carbonyl (C=O) groups excluding carboxylic acids is 1. The van der Waals surface area contributed by atoms with Crippen molar-refractivity contribution in [3.05, 3.63) is 18.2 Å². The van der Waals surface area contributed by atoms with Gasteiger partial charge in [-0.1, -0.05) is 0 Å². The van der Waals surface area contributed by atoms with E-state index in [1.165, 1.54) is 17.5 Å². The fourth-order valence-corrected chi connectivity index (χ4v) is 4.12. The first-order chi connectivity index (χ1) is 12.0. The molecule has 0 saturated carbocycles. The molecule has 0 bridgehead atoms. The highest BCUT2D eigenvalue weighted by Crippen LogP contribution is 2.30. The van der Waals surface area contributed by atoms with E-state index in [1.54, 1.807) is 12.1 Å². The number of hydrogen-bond acceptors (Lipinski definition) is 6. The number of carbonyl (C=O) groups is 1. The average Bonchev–Trinajstić information content (AvgIpc) is 2.62. The van der Waals surface area contributed by atoms with Gasteiger partial charge in [0.15, 0.2) is 0 Å². The topological polar surface area (TPSA) is 97.0 Å². The molecule has 25 heavy (non-hydrogen) atoms. The molecule has 1 fully saturated rings. The summed E-state index contributed by atoms with van der Waals surface area (Å²) in [6.45, 7) is 2.07. The molecule has 0 spiro atoms. The molecule has 1 aromatic rings. The Morgan fingerprint density at radius 3 is 2.68 bits per heavy atom. The quantitative estimate of drug-likeness (QED) is 0.652. The molecule has 0 aliphatic carbocycles. The number of methoxy groups -OCH3 is 1. The van der Waals surface area contributed by atoms with Gasteiger partial charge in [0, 0.05) is 25.2 Å². The number of benzene rings is 1. The molecule has 140 valence electrons. The van der Waals surface area contributed by atoms with Crippen LogP contribution in [-0.4, -0.2) is 65.6 Å². The van der Waals surface area contributed by atoms with Crippen molar-refractivity contribution in [3.8, 4) is 5.75 Å². The summed E-state index contributed by atoms with van der Waals surface area (Å²) in [5, 5.41) is 5.71. The number of sulfonamides is 1. The van der Waals surface area contributed by atoms with Crippen LogP contribution < -0.4 is 15.4 Å². The lowest BCUT2D eigenvalue weighted by atomic mass is 10.2. The predicted octanol–water partition coefficient (Wildman–Crippen LogP) is 0.654. The van der Waals surface area contributed by atoms with Gasteiger partial charge in [-0.25, -0.2) is 8.42 Å². The van der Waals surface area contributed by atoms with Crippen molar-refractivity contribution >= 4 is 21.6 Å². The van der Waals surface area contributed by atoms with Crippen LogP contribution in [0.25, 0.3) is 0 Å². The number of nitrogens with zero attached hydrogens (tertiary/aromatic N) is 1. The first-order valence-electron chi connectivity index (χ1n) is 8.19. The molecule has 1 saturated heterocycles. The highest BCUT2D eigenvalue weighted by atomic mass is 32.2. The smallest absolute Gasteiger partial charge is 0.246 e. The summed E-state index contributed by atoms with van der Waals surface area (Å²) in [5.74, 6) is 0.0924. The van der Waals surface area contributed by atoms with Gasteiger partial charge in [0.1, 0.15) is 10.6 Å². The zero-order valence-corrected chi connectivity index (χ0v) is 15.4. The average molecular weight is 371 g/mol. The van der Waals surface area contributed by atoms with Gasteiger partial charge < -0.3 is 20.1 Å². The van der Waals surface area contributed by atoms with Crippen molar-refractivity contribution in [1.29, 1.82) is 0 Å². The lowest BCUT2D eigenvalue weighted by molar-refractivity contribution is -0.116. The molecule has 0 unspecified atom stereocenters. The number of amides is 1. The highest BCUT2D eigenvalue weighted by molar-refractivity contribution is 7.89. The Bertz CT molecular complexity index is 687. The Kier molecular flexibility index (Phi) is 7.18. The van der Waals surface area contributed by atoms with Crippen molar-refractivity contribution < 1.29 is 22.7 Å². The molecule has 1 heterocycles. The lowest BCUT2D eigenvalue weighted by Gasteiger charge is -2.26. The third-order valence-corrected chi connectivity index (χ3v) is 5.79. The molecule has 0 aromatic heterocycles. The van der Waals surface area contributed by atoms with Crippen LogP contribution in [0.15, 0.2) is 23.1 Å². The van der Waals surface area contributed by atoms with E-state index in [1.807, 2.05) is 7.05 Å². The normalized spacial score (nSPS) is 15.8. The van der Waals surface area contributed by atoms with E-state index in [9.17, 15) is 13.2 Å². The molecule has 0 atom stereocenters. The minimum absolute atomic E-state index is 0.0462. The van der Waals surface area contributed by atoms with Crippen LogP contribution in [0.5, 0.6) is 5.75 Å². The number of morpholine rings is 1. The highest BCUT2D eigenvalue weighted by Gasteiger charge is 2.29. The second-order valence-electron chi connectivity index (χ2n) is 5.64. The zero-order chi connectivity index (χ0) is 18.3. The number of hydrogen-bond donors (Lipinski definition) is 2. The van der Waals surface area contributed by atoms with Crippen molar-refractivity contribution in [3.63, 3.8) is 0 Å². The third-order valence-electron chi connectivity index (χ3n) is 3.87. The van der Waals surface area contributed by atoms with Gasteiger partial charge in [-0.2, -0.15) is 4.31 Å². The van der Waals surface area contributed by atoms with Gasteiger partial charge in [-0.15, -0.1) is 0 Å². The van der Waals surface area contributed by atoms with Crippen LogP contribution in [0.3, 0.4) is 0 Å². The lowest BCUT2D eigenvalue weighted by Crippen LogP contribution is -2.40. The minimum Gasteiger partial charge on any atom is -0.495 e. The summed E-state index contributed by atoms with van der Waals surface area (Å²) in [6.07, 6.45) is 1.07. The molecule has 1 aromatic carbocycles. The van der Waals surface area contributed by atoms with Crippen LogP contribution in [0, 0.1) is 0 Å².